The number of methoxy groups -OCH3 is 2. The van der Waals surface area contributed by atoms with E-state index in [1.165, 1.54) is 24.3 Å². The third-order valence-corrected chi connectivity index (χ3v) is 6.29. The number of carbonyl (C=O) groups is 2. The zero-order valence-corrected chi connectivity index (χ0v) is 22.8. The van der Waals surface area contributed by atoms with Gasteiger partial charge in [-0.15, -0.1) is 0 Å². The largest absolute Gasteiger partial charge is 0.493 e. The molecular weight excluding hydrogens is 487 g/mol. The maximum Gasteiger partial charge on any atom is 0.254 e. The number of aryl methyl sites for hydroxylation is 1. The van der Waals surface area contributed by atoms with Crippen molar-refractivity contribution in [1.82, 2.24) is 9.80 Å². The Labute approximate surface area is 224 Å². The van der Waals surface area contributed by atoms with Gasteiger partial charge in [-0.05, 0) is 79.8 Å². The number of benzene rings is 2. The molecule has 38 heavy (non-hydrogen) atoms. The fourth-order valence-corrected chi connectivity index (χ4v) is 4.06. The number of ether oxygens (including phenoxy) is 2. The molecule has 3 rings (SSSR count). The predicted molar refractivity (Wildman–Crippen MR) is 144 cm³/mol. The minimum Gasteiger partial charge on any atom is -0.493 e. The minimum atomic E-state index is -0.415. The maximum atomic E-state index is 13.6. The van der Waals surface area contributed by atoms with Gasteiger partial charge in [0.2, 0.25) is 5.91 Å². The van der Waals surface area contributed by atoms with Gasteiger partial charge in [-0.25, -0.2) is 4.39 Å². The predicted octanol–water partition coefficient (Wildman–Crippen LogP) is 5.50. The first kappa shape index (κ1) is 28.8. The van der Waals surface area contributed by atoms with Crippen molar-refractivity contribution < 1.29 is 27.9 Å². The van der Waals surface area contributed by atoms with Crippen LogP contribution in [0.3, 0.4) is 0 Å². The van der Waals surface area contributed by atoms with E-state index in [9.17, 15) is 14.0 Å². The molecule has 0 N–H and O–H groups in total. The summed E-state index contributed by atoms with van der Waals surface area (Å²) in [4.78, 5) is 30.2. The summed E-state index contributed by atoms with van der Waals surface area (Å²) in [6.07, 6.45) is 1.31. The number of halogens is 1. The quantitative estimate of drug-likeness (QED) is 0.295. The van der Waals surface area contributed by atoms with Gasteiger partial charge in [-0.1, -0.05) is 19.9 Å². The Balaban J connectivity index is 1.80. The fraction of sp³-hybridized carbons (Fsp3) is 0.400. The number of amides is 2. The number of hydrogen-bond acceptors (Lipinski definition) is 5. The standard InChI is InChI=1S/C30H37FN2O5/c1-21(2)14-16-33(30(35)24-8-10-25(31)11-9-24)20-29(34)32(19-26-12-6-22(3)38-26)17-15-23-7-13-27(36-4)28(18-23)37-5/h6-13,18,21H,14-17,19-20H2,1-5H3. The summed E-state index contributed by atoms with van der Waals surface area (Å²) < 4.78 is 29.9. The Hall–Kier alpha value is -3.81. The smallest absolute Gasteiger partial charge is 0.254 e. The lowest BCUT2D eigenvalue weighted by Gasteiger charge is -2.28. The third kappa shape index (κ3) is 8.10. The molecule has 0 spiro atoms. The van der Waals surface area contributed by atoms with Gasteiger partial charge in [-0.3, -0.25) is 9.59 Å². The first-order valence-electron chi connectivity index (χ1n) is 12.8. The van der Waals surface area contributed by atoms with E-state index in [4.69, 9.17) is 13.9 Å². The first-order chi connectivity index (χ1) is 18.2. The summed E-state index contributed by atoms with van der Waals surface area (Å²) in [6, 6.07) is 14.8. The molecule has 204 valence electrons. The van der Waals surface area contributed by atoms with E-state index in [2.05, 4.69) is 13.8 Å². The van der Waals surface area contributed by atoms with Gasteiger partial charge in [0.15, 0.2) is 11.5 Å². The molecule has 3 aromatic rings. The lowest BCUT2D eigenvalue weighted by Crippen LogP contribution is -2.44. The van der Waals surface area contributed by atoms with Crippen molar-refractivity contribution in [1.29, 1.82) is 0 Å². The van der Waals surface area contributed by atoms with Gasteiger partial charge in [0.25, 0.3) is 5.91 Å². The number of hydrogen-bond donors (Lipinski definition) is 0. The van der Waals surface area contributed by atoms with Crippen LogP contribution in [-0.4, -0.2) is 55.5 Å². The van der Waals surface area contributed by atoms with Gasteiger partial charge in [0.1, 0.15) is 23.9 Å². The highest BCUT2D eigenvalue weighted by molar-refractivity contribution is 5.96. The molecule has 0 aliphatic rings. The average Bonchev–Trinajstić information content (AvgIpc) is 3.32. The molecule has 7 nitrogen and oxygen atoms in total. The molecule has 1 heterocycles. The summed E-state index contributed by atoms with van der Waals surface area (Å²) in [6.45, 7) is 7.01. The maximum absolute atomic E-state index is 13.6. The molecule has 0 fully saturated rings. The van der Waals surface area contributed by atoms with Crippen LogP contribution in [0.5, 0.6) is 11.5 Å². The second-order valence-electron chi connectivity index (χ2n) is 9.68. The molecule has 8 heteroatoms. The highest BCUT2D eigenvalue weighted by Crippen LogP contribution is 2.28. The van der Waals surface area contributed by atoms with E-state index in [1.807, 2.05) is 37.3 Å². The minimum absolute atomic E-state index is 0.0887. The molecule has 2 aromatic carbocycles. The Morgan fingerprint density at radius 2 is 1.63 bits per heavy atom. The van der Waals surface area contributed by atoms with Crippen molar-refractivity contribution in [2.45, 2.75) is 40.2 Å². The van der Waals surface area contributed by atoms with Crippen molar-refractivity contribution in [3.05, 3.63) is 83.1 Å². The van der Waals surface area contributed by atoms with E-state index < -0.39 is 5.82 Å². The van der Waals surface area contributed by atoms with Crippen LogP contribution >= 0.6 is 0 Å². The zero-order valence-electron chi connectivity index (χ0n) is 22.8. The van der Waals surface area contributed by atoms with Crippen LogP contribution in [0.2, 0.25) is 0 Å². The van der Waals surface area contributed by atoms with Crippen molar-refractivity contribution in [3.63, 3.8) is 0 Å². The Kier molecular flexibility index (Phi) is 10.3. The molecule has 0 saturated carbocycles. The average molecular weight is 525 g/mol. The molecule has 0 aliphatic carbocycles. The molecule has 0 atom stereocenters. The zero-order chi connectivity index (χ0) is 27.7. The normalized spacial score (nSPS) is 10.9. The third-order valence-electron chi connectivity index (χ3n) is 6.29. The molecule has 0 aliphatic heterocycles. The van der Waals surface area contributed by atoms with Crippen molar-refractivity contribution >= 4 is 11.8 Å². The number of rotatable bonds is 13. The number of carbonyl (C=O) groups excluding carboxylic acids is 2. The Morgan fingerprint density at radius 3 is 2.24 bits per heavy atom. The van der Waals surface area contributed by atoms with Crippen LogP contribution in [0.1, 0.15) is 47.7 Å². The van der Waals surface area contributed by atoms with E-state index in [-0.39, 0.29) is 24.9 Å². The summed E-state index contributed by atoms with van der Waals surface area (Å²) >= 11 is 0. The van der Waals surface area contributed by atoms with Crippen LogP contribution in [0.25, 0.3) is 0 Å². The van der Waals surface area contributed by atoms with Gasteiger partial charge >= 0.3 is 0 Å². The van der Waals surface area contributed by atoms with Crippen LogP contribution in [0.4, 0.5) is 4.39 Å². The van der Waals surface area contributed by atoms with Crippen LogP contribution in [-0.2, 0) is 17.8 Å². The second-order valence-corrected chi connectivity index (χ2v) is 9.68. The molecule has 0 unspecified atom stereocenters. The van der Waals surface area contributed by atoms with Crippen LogP contribution in [0, 0.1) is 18.7 Å². The summed E-state index contributed by atoms with van der Waals surface area (Å²) in [5.41, 5.74) is 1.33. The van der Waals surface area contributed by atoms with E-state index in [0.717, 1.165) is 17.7 Å². The topological polar surface area (TPSA) is 72.2 Å². The van der Waals surface area contributed by atoms with E-state index in [1.54, 1.807) is 24.0 Å². The summed E-state index contributed by atoms with van der Waals surface area (Å²) in [5, 5.41) is 0. The lowest BCUT2D eigenvalue weighted by molar-refractivity contribution is -0.132. The first-order valence-corrected chi connectivity index (χ1v) is 12.8. The molecule has 0 radical (unpaired) electrons. The molecule has 2 amide bonds. The summed E-state index contributed by atoms with van der Waals surface area (Å²) in [7, 11) is 3.17. The van der Waals surface area contributed by atoms with E-state index >= 15 is 0 Å². The highest BCUT2D eigenvalue weighted by Gasteiger charge is 2.24. The summed E-state index contributed by atoms with van der Waals surface area (Å²) in [5.74, 6) is 2.12. The fourth-order valence-electron chi connectivity index (χ4n) is 4.06. The van der Waals surface area contributed by atoms with Gasteiger partial charge in [-0.2, -0.15) is 0 Å². The monoisotopic (exact) mass is 524 g/mol. The van der Waals surface area contributed by atoms with Crippen LogP contribution < -0.4 is 9.47 Å². The number of furan rings is 1. The Morgan fingerprint density at radius 1 is 0.921 bits per heavy atom. The van der Waals surface area contributed by atoms with Crippen molar-refractivity contribution in [2.75, 3.05) is 33.9 Å². The van der Waals surface area contributed by atoms with Crippen LogP contribution in [0.15, 0.2) is 59.0 Å². The SMILES string of the molecule is COc1ccc(CCN(Cc2ccc(C)o2)C(=O)CN(CCC(C)C)C(=O)c2ccc(F)cc2)cc1OC. The highest BCUT2D eigenvalue weighted by atomic mass is 19.1. The molecular formula is C30H37FN2O5. The van der Waals surface area contributed by atoms with Gasteiger partial charge < -0.3 is 23.7 Å². The van der Waals surface area contributed by atoms with Crippen molar-refractivity contribution in [3.8, 4) is 11.5 Å². The molecule has 0 saturated heterocycles. The van der Waals surface area contributed by atoms with Crippen molar-refractivity contribution in [2.24, 2.45) is 5.92 Å². The van der Waals surface area contributed by atoms with E-state index in [0.29, 0.717) is 48.3 Å². The second kappa shape index (κ2) is 13.7. The number of nitrogens with zero attached hydrogens (tertiary/aromatic N) is 2. The Bertz CT molecular complexity index is 1210. The molecule has 0 bridgehead atoms. The van der Waals surface area contributed by atoms with Gasteiger partial charge in [0, 0.05) is 18.7 Å². The van der Waals surface area contributed by atoms with Gasteiger partial charge in [0.05, 0.1) is 20.8 Å². The lowest BCUT2D eigenvalue weighted by atomic mass is 10.1. The molecule has 1 aromatic heterocycles.